The summed E-state index contributed by atoms with van der Waals surface area (Å²) in [6.07, 6.45) is 0.939. The fraction of sp³-hybridized carbons (Fsp3) is 0.207. The highest BCUT2D eigenvalue weighted by atomic mass is 16.5. The monoisotopic (exact) mass is 465 g/mol. The molecule has 0 saturated carbocycles. The number of ether oxygens (including phenoxy) is 1. The van der Waals surface area contributed by atoms with Crippen LogP contribution in [-0.4, -0.2) is 28.7 Å². The van der Waals surface area contributed by atoms with Crippen molar-refractivity contribution in [2.24, 2.45) is 0 Å². The fourth-order valence-electron chi connectivity index (χ4n) is 4.57. The van der Waals surface area contributed by atoms with E-state index in [1.54, 1.807) is 36.1 Å². The average molecular weight is 466 g/mol. The van der Waals surface area contributed by atoms with Crippen molar-refractivity contribution in [3.05, 3.63) is 106 Å². The third-order valence-electron chi connectivity index (χ3n) is 6.45. The Morgan fingerprint density at radius 1 is 0.971 bits per heavy atom. The van der Waals surface area contributed by atoms with E-state index < -0.39 is 0 Å². The molecule has 6 heteroatoms. The van der Waals surface area contributed by atoms with Crippen LogP contribution in [0.3, 0.4) is 0 Å². The predicted octanol–water partition coefficient (Wildman–Crippen LogP) is 5.87. The molecule has 0 spiro atoms. The molecule has 1 atom stereocenters. The molecule has 1 aromatic heterocycles. The number of nitrogens with one attached hydrogen (secondary N) is 1. The maximum atomic E-state index is 13.7. The highest BCUT2D eigenvalue weighted by Gasteiger charge is 2.43. The molecule has 0 radical (unpaired) electrons. The molecule has 0 bridgehead atoms. The molecule has 1 N–H and O–H groups in total. The first-order valence-corrected chi connectivity index (χ1v) is 11.9. The molecule has 4 aromatic rings. The van der Waals surface area contributed by atoms with Crippen LogP contribution in [0.4, 0.5) is 5.69 Å². The van der Waals surface area contributed by atoms with E-state index in [-0.39, 0.29) is 17.9 Å². The standard InChI is InChI=1S/C29H27N3O3/c1-4-19-8-12-21(13-9-19)27-24-25(20-10-6-18(3)7-11-20)30-31-26(24)28(33)32(27)23-16-14-22(15-17-23)29(34)35-5-2/h6-17,27H,4-5H2,1-3H3,(H,30,31)/t27-/m0/s1. The van der Waals surface area contributed by atoms with Crippen LogP contribution in [0, 0.1) is 6.92 Å². The van der Waals surface area contributed by atoms with Crippen LogP contribution >= 0.6 is 0 Å². The molecule has 35 heavy (non-hydrogen) atoms. The highest BCUT2D eigenvalue weighted by molar-refractivity contribution is 6.12. The largest absolute Gasteiger partial charge is 0.462 e. The summed E-state index contributed by atoms with van der Waals surface area (Å²) >= 11 is 0. The Balaban J connectivity index is 1.62. The Kier molecular flexibility index (Phi) is 5.95. The molecule has 0 unspecified atom stereocenters. The SMILES string of the molecule is CCOC(=O)c1ccc(N2C(=O)c3[nH]nc(-c4ccc(C)cc4)c3[C@@H]2c2ccc(CC)cc2)cc1. The number of carbonyl (C=O) groups is 2. The van der Waals surface area contributed by atoms with Crippen LogP contribution in [0.15, 0.2) is 72.8 Å². The number of amides is 1. The van der Waals surface area contributed by atoms with Gasteiger partial charge in [0, 0.05) is 16.8 Å². The molecule has 176 valence electrons. The van der Waals surface area contributed by atoms with Crippen LogP contribution < -0.4 is 4.90 Å². The van der Waals surface area contributed by atoms with Crippen LogP contribution in [0.2, 0.25) is 0 Å². The van der Waals surface area contributed by atoms with Gasteiger partial charge in [0.05, 0.1) is 23.9 Å². The molecule has 0 saturated heterocycles. The van der Waals surface area contributed by atoms with Gasteiger partial charge in [-0.15, -0.1) is 0 Å². The molecule has 2 heterocycles. The molecule has 0 aliphatic carbocycles. The Bertz CT molecular complexity index is 1370. The fourth-order valence-corrected chi connectivity index (χ4v) is 4.57. The topological polar surface area (TPSA) is 75.3 Å². The zero-order chi connectivity index (χ0) is 24.5. The van der Waals surface area contributed by atoms with E-state index in [9.17, 15) is 9.59 Å². The number of benzene rings is 3. The molecular formula is C29H27N3O3. The summed E-state index contributed by atoms with van der Waals surface area (Å²) in [6.45, 7) is 6.25. The quantitative estimate of drug-likeness (QED) is 0.361. The summed E-state index contributed by atoms with van der Waals surface area (Å²) in [5.74, 6) is -0.533. The number of aromatic amines is 1. The Morgan fingerprint density at radius 3 is 2.29 bits per heavy atom. The third kappa shape index (κ3) is 4.01. The zero-order valence-electron chi connectivity index (χ0n) is 20.0. The smallest absolute Gasteiger partial charge is 0.338 e. The van der Waals surface area contributed by atoms with Gasteiger partial charge in [-0.1, -0.05) is 61.0 Å². The predicted molar refractivity (Wildman–Crippen MR) is 136 cm³/mol. The number of esters is 1. The average Bonchev–Trinajstić information content (AvgIpc) is 3.44. The lowest BCUT2D eigenvalue weighted by atomic mass is 9.94. The first-order chi connectivity index (χ1) is 17.0. The molecule has 1 aliphatic rings. The van der Waals surface area contributed by atoms with Crippen molar-refractivity contribution in [1.82, 2.24) is 10.2 Å². The number of hydrogen-bond donors (Lipinski definition) is 1. The Hall–Kier alpha value is -4.19. The van der Waals surface area contributed by atoms with Gasteiger partial charge in [0.1, 0.15) is 5.69 Å². The van der Waals surface area contributed by atoms with Crippen molar-refractivity contribution in [3.8, 4) is 11.3 Å². The van der Waals surface area contributed by atoms with Crippen molar-refractivity contribution in [2.75, 3.05) is 11.5 Å². The first-order valence-electron chi connectivity index (χ1n) is 11.9. The first kappa shape index (κ1) is 22.6. The van der Waals surface area contributed by atoms with Crippen LogP contribution in [0.1, 0.15) is 63.0 Å². The van der Waals surface area contributed by atoms with Gasteiger partial charge < -0.3 is 4.74 Å². The number of H-pyrrole nitrogens is 1. The second-order valence-corrected chi connectivity index (χ2v) is 8.67. The molecule has 1 aliphatic heterocycles. The number of aryl methyl sites for hydroxylation is 2. The number of aromatic nitrogens is 2. The molecule has 5 rings (SSSR count). The van der Waals surface area contributed by atoms with E-state index in [0.29, 0.717) is 23.6 Å². The zero-order valence-corrected chi connectivity index (χ0v) is 20.0. The van der Waals surface area contributed by atoms with Crippen LogP contribution in [0.5, 0.6) is 0 Å². The van der Waals surface area contributed by atoms with Gasteiger partial charge in [-0.3, -0.25) is 14.8 Å². The van der Waals surface area contributed by atoms with Crippen LogP contribution in [-0.2, 0) is 11.2 Å². The summed E-state index contributed by atoms with van der Waals surface area (Å²) in [5, 5.41) is 7.55. The molecule has 3 aromatic carbocycles. The second-order valence-electron chi connectivity index (χ2n) is 8.67. The lowest BCUT2D eigenvalue weighted by Gasteiger charge is -2.27. The summed E-state index contributed by atoms with van der Waals surface area (Å²) in [6, 6.07) is 23.2. The number of carbonyl (C=O) groups excluding carboxylic acids is 2. The van der Waals surface area contributed by atoms with E-state index >= 15 is 0 Å². The van der Waals surface area contributed by atoms with Gasteiger partial charge in [0.15, 0.2) is 0 Å². The maximum absolute atomic E-state index is 13.7. The van der Waals surface area contributed by atoms with Crippen LogP contribution in [0.25, 0.3) is 11.3 Å². The lowest BCUT2D eigenvalue weighted by Crippen LogP contribution is -2.29. The Labute approximate surface area is 204 Å². The third-order valence-corrected chi connectivity index (χ3v) is 6.45. The van der Waals surface area contributed by atoms with Gasteiger partial charge in [0.25, 0.3) is 5.91 Å². The van der Waals surface area contributed by atoms with E-state index in [4.69, 9.17) is 4.74 Å². The van der Waals surface area contributed by atoms with Gasteiger partial charge in [0.2, 0.25) is 0 Å². The summed E-state index contributed by atoms with van der Waals surface area (Å²) in [4.78, 5) is 27.6. The number of nitrogens with zero attached hydrogens (tertiary/aromatic N) is 2. The van der Waals surface area contributed by atoms with Gasteiger partial charge in [-0.2, -0.15) is 5.10 Å². The molecule has 0 fully saturated rings. The van der Waals surface area contributed by atoms with Gasteiger partial charge in [-0.05, 0) is 55.7 Å². The maximum Gasteiger partial charge on any atom is 0.338 e. The number of fused-ring (bicyclic) bond motifs is 1. The van der Waals surface area contributed by atoms with Crippen molar-refractivity contribution in [2.45, 2.75) is 33.2 Å². The van der Waals surface area contributed by atoms with Gasteiger partial charge >= 0.3 is 5.97 Å². The minimum absolute atomic E-state index is 0.153. The molecule has 6 nitrogen and oxygen atoms in total. The van der Waals surface area contributed by atoms with Crippen molar-refractivity contribution in [3.63, 3.8) is 0 Å². The lowest BCUT2D eigenvalue weighted by molar-refractivity contribution is 0.0526. The molecular weight excluding hydrogens is 438 g/mol. The summed E-state index contributed by atoms with van der Waals surface area (Å²) in [7, 11) is 0. The van der Waals surface area contributed by atoms with E-state index in [0.717, 1.165) is 34.4 Å². The highest BCUT2D eigenvalue weighted by Crippen LogP contribution is 2.45. The van der Waals surface area contributed by atoms with Crippen molar-refractivity contribution in [1.29, 1.82) is 0 Å². The minimum atomic E-state index is -0.380. The van der Waals surface area contributed by atoms with Crippen molar-refractivity contribution < 1.29 is 14.3 Å². The Morgan fingerprint density at radius 2 is 1.66 bits per heavy atom. The number of anilines is 1. The summed E-state index contributed by atoms with van der Waals surface area (Å²) in [5.41, 5.74) is 7.61. The van der Waals surface area contributed by atoms with Crippen molar-refractivity contribution >= 4 is 17.6 Å². The van der Waals surface area contributed by atoms with E-state index in [2.05, 4.69) is 41.4 Å². The second kappa shape index (κ2) is 9.22. The summed E-state index contributed by atoms with van der Waals surface area (Å²) < 4.78 is 5.11. The number of hydrogen-bond acceptors (Lipinski definition) is 4. The molecule has 1 amide bonds. The normalized spacial score (nSPS) is 14.8. The van der Waals surface area contributed by atoms with Gasteiger partial charge in [-0.25, -0.2) is 4.79 Å². The van der Waals surface area contributed by atoms with E-state index in [1.165, 1.54) is 5.56 Å². The number of rotatable bonds is 6. The van der Waals surface area contributed by atoms with E-state index in [1.807, 2.05) is 31.2 Å². The minimum Gasteiger partial charge on any atom is -0.462 e.